The molecule has 6 nitrogen and oxygen atoms in total. The molecule has 0 aromatic carbocycles. The van der Waals surface area contributed by atoms with Gasteiger partial charge in [0.25, 0.3) is 0 Å². The standard InChI is InChI=1S/C14H26O6/c1-13(2,3)9-7-11(15)17-19-20-18-12(16)8-10-14(4,5)6/h7-10H2,1-6H3. The molecule has 0 bridgehead atoms. The molecule has 0 N–H and O–H groups in total. The third-order valence-corrected chi connectivity index (χ3v) is 2.44. The van der Waals surface area contributed by atoms with Gasteiger partial charge in [-0.1, -0.05) is 41.5 Å². The van der Waals surface area contributed by atoms with Crippen molar-refractivity contribution in [2.75, 3.05) is 0 Å². The van der Waals surface area contributed by atoms with E-state index in [0.29, 0.717) is 12.8 Å². The molecule has 6 heteroatoms. The van der Waals surface area contributed by atoms with E-state index in [9.17, 15) is 9.59 Å². The van der Waals surface area contributed by atoms with E-state index >= 15 is 0 Å². The number of rotatable bonds is 7. The van der Waals surface area contributed by atoms with Crippen LogP contribution in [0.2, 0.25) is 0 Å². The predicted octanol–water partition coefficient (Wildman–Crippen LogP) is 3.50. The van der Waals surface area contributed by atoms with Crippen molar-refractivity contribution in [3.63, 3.8) is 0 Å². The third kappa shape index (κ3) is 13.3. The Hall–Kier alpha value is -1.14. The second-order valence-electron chi connectivity index (χ2n) is 7.17. The Morgan fingerprint density at radius 2 is 1.00 bits per heavy atom. The summed E-state index contributed by atoms with van der Waals surface area (Å²) in [6.45, 7) is 12.1. The van der Waals surface area contributed by atoms with Crippen molar-refractivity contribution in [3.05, 3.63) is 0 Å². The van der Waals surface area contributed by atoms with Crippen LogP contribution >= 0.6 is 0 Å². The van der Waals surface area contributed by atoms with Gasteiger partial charge in [0.2, 0.25) is 0 Å². The van der Waals surface area contributed by atoms with Crippen molar-refractivity contribution in [2.45, 2.75) is 67.2 Å². The lowest BCUT2D eigenvalue weighted by atomic mass is 9.91. The Balaban J connectivity index is 3.61. The van der Waals surface area contributed by atoms with E-state index in [-0.39, 0.29) is 23.7 Å². The van der Waals surface area contributed by atoms with Gasteiger partial charge in [-0.15, -0.1) is 0 Å². The number of hydrogen-bond donors (Lipinski definition) is 0. The summed E-state index contributed by atoms with van der Waals surface area (Å²) in [5.41, 5.74) is 0.0542. The van der Waals surface area contributed by atoms with Crippen molar-refractivity contribution in [2.24, 2.45) is 10.8 Å². The van der Waals surface area contributed by atoms with Crippen molar-refractivity contribution in [1.29, 1.82) is 0 Å². The van der Waals surface area contributed by atoms with Gasteiger partial charge in [-0.3, -0.25) is 9.78 Å². The Kier molecular flexibility index (Phi) is 7.75. The average molecular weight is 290 g/mol. The highest BCUT2D eigenvalue weighted by molar-refractivity contribution is 5.69. The van der Waals surface area contributed by atoms with Crippen LogP contribution < -0.4 is 0 Å². The highest BCUT2D eigenvalue weighted by Crippen LogP contribution is 2.21. The zero-order valence-corrected chi connectivity index (χ0v) is 13.3. The van der Waals surface area contributed by atoms with Gasteiger partial charge in [-0.25, -0.2) is 9.59 Å². The summed E-state index contributed by atoms with van der Waals surface area (Å²) in [4.78, 5) is 31.0. The number of carbonyl (C=O) groups excluding carboxylic acids is 2. The van der Waals surface area contributed by atoms with E-state index in [1.165, 1.54) is 0 Å². The average Bonchev–Trinajstić information content (AvgIpc) is 2.27. The maximum absolute atomic E-state index is 11.2. The fraction of sp³-hybridized carbons (Fsp3) is 0.857. The van der Waals surface area contributed by atoms with Crippen LogP contribution in [0.25, 0.3) is 0 Å². The zero-order valence-electron chi connectivity index (χ0n) is 13.3. The molecular weight excluding hydrogens is 264 g/mol. The Labute approximate surface area is 120 Å². The minimum atomic E-state index is -0.578. The van der Waals surface area contributed by atoms with Gasteiger partial charge >= 0.3 is 11.9 Å². The van der Waals surface area contributed by atoms with Crippen LogP contribution in [0.15, 0.2) is 0 Å². The van der Waals surface area contributed by atoms with Crippen LogP contribution in [-0.4, -0.2) is 11.9 Å². The highest BCUT2D eigenvalue weighted by Gasteiger charge is 2.16. The number of carbonyl (C=O) groups is 2. The van der Waals surface area contributed by atoms with Gasteiger partial charge in [-0.05, 0) is 23.7 Å². The first-order valence-electron chi connectivity index (χ1n) is 6.73. The summed E-state index contributed by atoms with van der Waals surface area (Å²) < 4.78 is 0. The summed E-state index contributed by atoms with van der Waals surface area (Å²) in [6.07, 6.45) is 1.71. The van der Waals surface area contributed by atoms with E-state index in [4.69, 9.17) is 0 Å². The molecular formula is C14H26O6. The molecule has 0 aliphatic carbocycles. The largest absolute Gasteiger partial charge is 0.345 e. The summed E-state index contributed by atoms with van der Waals surface area (Å²) in [7, 11) is 0. The molecule has 0 fully saturated rings. The third-order valence-electron chi connectivity index (χ3n) is 2.44. The summed E-state index contributed by atoms with van der Waals surface area (Å²) >= 11 is 0. The topological polar surface area (TPSA) is 71.1 Å². The normalized spacial score (nSPS) is 12.1. The van der Waals surface area contributed by atoms with Gasteiger partial charge in [0.05, 0.1) is 0 Å². The Morgan fingerprint density at radius 1 is 0.700 bits per heavy atom. The molecule has 0 atom stereocenters. The van der Waals surface area contributed by atoms with Crippen molar-refractivity contribution in [3.8, 4) is 0 Å². The summed E-state index contributed by atoms with van der Waals surface area (Å²) in [6, 6.07) is 0. The van der Waals surface area contributed by atoms with Gasteiger partial charge in [-0.2, -0.15) is 0 Å². The quantitative estimate of drug-likeness (QED) is 0.406. The molecule has 20 heavy (non-hydrogen) atoms. The lowest BCUT2D eigenvalue weighted by Crippen LogP contribution is -2.14. The fourth-order valence-electron chi connectivity index (χ4n) is 1.14. The maximum atomic E-state index is 11.2. The molecule has 0 aromatic rings. The molecule has 0 spiro atoms. The van der Waals surface area contributed by atoms with E-state index < -0.39 is 11.9 Å². The van der Waals surface area contributed by atoms with Crippen LogP contribution in [0.4, 0.5) is 0 Å². The van der Waals surface area contributed by atoms with Crippen molar-refractivity contribution < 1.29 is 29.4 Å². The molecule has 0 heterocycles. The molecule has 0 aromatic heterocycles. The molecule has 0 aliphatic rings. The molecule has 0 rings (SSSR count). The SMILES string of the molecule is CC(C)(C)CCC(=O)OOOOC(=O)CCC(C)(C)C. The van der Waals surface area contributed by atoms with Gasteiger partial charge in [0.1, 0.15) is 0 Å². The summed E-state index contributed by atoms with van der Waals surface area (Å²) in [5, 5.41) is 8.14. The lowest BCUT2D eigenvalue weighted by Gasteiger charge is -2.16. The van der Waals surface area contributed by atoms with Crippen molar-refractivity contribution in [1.82, 2.24) is 0 Å². The highest BCUT2D eigenvalue weighted by atomic mass is 17.7. The van der Waals surface area contributed by atoms with E-state index in [2.05, 4.69) is 19.9 Å². The Bertz CT molecular complexity index is 279. The van der Waals surface area contributed by atoms with Gasteiger partial charge < -0.3 is 0 Å². The first-order valence-corrected chi connectivity index (χ1v) is 6.73. The molecule has 0 saturated heterocycles. The monoisotopic (exact) mass is 290 g/mol. The second kappa shape index (κ2) is 8.21. The lowest BCUT2D eigenvalue weighted by molar-refractivity contribution is -0.600. The van der Waals surface area contributed by atoms with Crippen molar-refractivity contribution >= 4 is 11.9 Å². The minimum absolute atomic E-state index is 0.0271. The van der Waals surface area contributed by atoms with E-state index in [1.807, 2.05) is 41.5 Å². The van der Waals surface area contributed by atoms with Crippen LogP contribution in [0, 0.1) is 10.8 Å². The van der Waals surface area contributed by atoms with E-state index in [1.54, 1.807) is 0 Å². The van der Waals surface area contributed by atoms with Crippen LogP contribution in [-0.2, 0) is 29.4 Å². The first-order chi connectivity index (χ1) is 8.99. The smallest absolute Gasteiger partial charge is 0.266 e. The molecule has 0 amide bonds. The van der Waals surface area contributed by atoms with Crippen LogP contribution in [0.1, 0.15) is 67.2 Å². The molecule has 0 aliphatic heterocycles. The second-order valence-corrected chi connectivity index (χ2v) is 7.17. The molecule has 0 radical (unpaired) electrons. The first kappa shape index (κ1) is 18.9. The molecule has 118 valence electrons. The molecule has 0 unspecified atom stereocenters. The van der Waals surface area contributed by atoms with Crippen LogP contribution in [0.5, 0.6) is 0 Å². The van der Waals surface area contributed by atoms with Crippen LogP contribution in [0.3, 0.4) is 0 Å². The number of hydrogen-bond acceptors (Lipinski definition) is 6. The fourth-order valence-corrected chi connectivity index (χ4v) is 1.14. The maximum Gasteiger partial charge on any atom is 0.345 e. The summed E-state index contributed by atoms with van der Waals surface area (Å²) in [5.74, 6) is -1.16. The molecule has 0 saturated carbocycles. The predicted molar refractivity (Wildman–Crippen MR) is 71.7 cm³/mol. The Morgan fingerprint density at radius 3 is 1.25 bits per heavy atom. The van der Waals surface area contributed by atoms with E-state index in [0.717, 1.165) is 0 Å². The van der Waals surface area contributed by atoms with Gasteiger partial charge in [0, 0.05) is 22.9 Å². The van der Waals surface area contributed by atoms with Gasteiger partial charge in [0.15, 0.2) is 0 Å². The minimum Gasteiger partial charge on any atom is -0.266 e. The zero-order chi connectivity index (χ0) is 15.8.